The van der Waals surface area contributed by atoms with E-state index in [0.717, 1.165) is 59.1 Å². The number of para-hydroxylation sites is 2. The van der Waals surface area contributed by atoms with Crippen LogP contribution in [0.1, 0.15) is 31.2 Å². The fourth-order valence-corrected chi connectivity index (χ4v) is 7.99. The summed E-state index contributed by atoms with van der Waals surface area (Å²) in [6, 6.07) is 11.6. The zero-order chi connectivity index (χ0) is 25.2. The van der Waals surface area contributed by atoms with Crippen LogP contribution in [0, 0.1) is 17.8 Å². The number of allylic oxidation sites excluding steroid dienone is 2. The molecule has 2 radical (unpaired) electrons. The van der Waals surface area contributed by atoms with Crippen LogP contribution < -0.4 is 14.8 Å². The summed E-state index contributed by atoms with van der Waals surface area (Å²) in [6.45, 7) is 1.01. The van der Waals surface area contributed by atoms with Crippen molar-refractivity contribution in [1.82, 2.24) is 10.3 Å². The topological polar surface area (TPSA) is 72.8 Å². The summed E-state index contributed by atoms with van der Waals surface area (Å²) in [5, 5.41) is 3.67. The molecule has 6 rings (SSSR count). The molecule has 8 heteroatoms. The fraction of sp³-hybridized carbons (Fsp3) is 0.379. The first kappa shape index (κ1) is 24.6. The van der Waals surface area contributed by atoms with E-state index in [1.54, 1.807) is 6.20 Å². The van der Waals surface area contributed by atoms with Crippen LogP contribution in [-0.4, -0.2) is 45.5 Å². The third-order valence-electron chi connectivity index (χ3n) is 7.59. The van der Waals surface area contributed by atoms with Crippen LogP contribution in [0.25, 0.3) is 0 Å². The summed E-state index contributed by atoms with van der Waals surface area (Å²) in [5.74, 6) is 2.09. The van der Waals surface area contributed by atoms with Crippen molar-refractivity contribution in [3.8, 4) is 11.5 Å². The van der Waals surface area contributed by atoms with E-state index in [4.69, 9.17) is 22.3 Å². The van der Waals surface area contributed by atoms with Gasteiger partial charge in [-0.1, -0.05) is 23.7 Å². The second kappa shape index (κ2) is 10.9. The molecule has 0 bridgehead atoms. The smallest absolute Gasteiger partial charge is 0.191 e. The van der Waals surface area contributed by atoms with Gasteiger partial charge in [0.25, 0.3) is 0 Å². The summed E-state index contributed by atoms with van der Waals surface area (Å²) in [4.78, 5) is 22.6. The Morgan fingerprint density at radius 1 is 1.11 bits per heavy atom. The molecule has 2 unspecified atom stereocenters. The normalized spacial score (nSPS) is 26.8. The molecule has 4 aliphatic rings. The zero-order valence-corrected chi connectivity index (χ0v) is 22.8. The van der Waals surface area contributed by atoms with Gasteiger partial charge < -0.3 is 14.8 Å². The first-order valence-electron chi connectivity index (χ1n) is 12.9. The average Bonchev–Trinajstić information content (AvgIpc) is 2.96. The number of ether oxygens (including phenoxy) is 2. The second-order valence-corrected chi connectivity index (χ2v) is 12.4. The number of ketones is 1. The van der Waals surface area contributed by atoms with Crippen molar-refractivity contribution in [2.45, 2.75) is 38.3 Å². The van der Waals surface area contributed by atoms with Crippen LogP contribution in [0.2, 0.25) is 0 Å². The van der Waals surface area contributed by atoms with Crippen LogP contribution in [0.5, 0.6) is 11.5 Å². The Kier molecular flexibility index (Phi) is 7.26. The molecule has 2 aromatic rings. The number of hydrogen-bond donors (Lipinski definition) is 1. The number of nitrogens with one attached hydrogen (secondary N) is 1. The lowest BCUT2D eigenvalue weighted by Crippen LogP contribution is -2.41. The second-order valence-electron chi connectivity index (χ2n) is 9.98. The van der Waals surface area contributed by atoms with E-state index in [0.29, 0.717) is 17.4 Å². The molecule has 188 valence electrons. The molecule has 37 heavy (non-hydrogen) atoms. The highest BCUT2D eigenvalue weighted by Crippen LogP contribution is 2.39. The molecule has 0 amide bonds. The molecule has 3 aliphatic heterocycles. The molecule has 4 heterocycles. The lowest BCUT2D eigenvalue weighted by Gasteiger charge is -2.34. The highest BCUT2D eigenvalue weighted by molar-refractivity contribution is 14.2. The number of nitrogens with zero attached hydrogens (tertiary/aromatic N) is 2. The minimum Gasteiger partial charge on any atom is -0.485 e. The Morgan fingerprint density at radius 2 is 1.95 bits per heavy atom. The van der Waals surface area contributed by atoms with Gasteiger partial charge in [-0.25, -0.2) is 0 Å². The molecule has 1 saturated carbocycles. The molecule has 1 aliphatic carbocycles. The number of benzene rings is 1. The van der Waals surface area contributed by atoms with Crippen molar-refractivity contribution < 1.29 is 14.3 Å². The highest BCUT2D eigenvalue weighted by Gasteiger charge is 2.37. The third-order valence-corrected chi connectivity index (χ3v) is 10.1. The van der Waals surface area contributed by atoms with Crippen molar-refractivity contribution >= 4 is 44.1 Å². The average molecular weight is 605 g/mol. The molecule has 1 fully saturated rings. The maximum Gasteiger partial charge on any atom is 0.191 e. The maximum atomic E-state index is 13.3. The van der Waals surface area contributed by atoms with Gasteiger partial charge in [-0.15, -0.1) is 20.7 Å². The van der Waals surface area contributed by atoms with E-state index in [1.165, 1.54) is 5.70 Å². The number of fused-ring (bicyclic) bond motifs is 2. The summed E-state index contributed by atoms with van der Waals surface area (Å²) in [7, 11) is 6.44. The minimum atomic E-state index is -0.529. The predicted octanol–water partition coefficient (Wildman–Crippen LogP) is 4.51. The van der Waals surface area contributed by atoms with Gasteiger partial charge in [-0.2, -0.15) is 0 Å². The SMILES string of the molecule is [B]C1=C2N=C(C3CCC(C(=O)C4COc5ccccc5O4)CC3)C=C(NCc3cccnc3)C2CI=C1. The lowest BCUT2D eigenvalue weighted by molar-refractivity contribution is -0.133. The van der Waals surface area contributed by atoms with Crippen molar-refractivity contribution in [2.75, 3.05) is 11.0 Å². The summed E-state index contributed by atoms with van der Waals surface area (Å²) >= 11 is -0.0621. The number of alkyl halides is 1. The van der Waals surface area contributed by atoms with Gasteiger partial charge in [0, 0.05) is 58.2 Å². The number of dihydropyridines is 1. The largest absolute Gasteiger partial charge is 0.485 e. The third kappa shape index (κ3) is 5.30. The molecule has 0 saturated heterocycles. The quantitative estimate of drug-likeness (QED) is 0.298. The number of pyridine rings is 1. The van der Waals surface area contributed by atoms with Crippen molar-refractivity contribution in [3.63, 3.8) is 0 Å². The number of carbonyl (C=O) groups excluding carboxylic acids is 1. The van der Waals surface area contributed by atoms with Crippen LogP contribution >= 0.6 is 20.7 Å². The Morgan fingerprint density at radius 3 is 2.76 bits per heavy atom. The van der Waals surface area contributed by atoms with Crippen molar-refractivity contribution in [2.24, 2.45) is 22.7 Å². The Hall–Kier alpha value is -2.75. The van der Waals surface area contributed by atoms with Gasteiger partial charge >= 0.3 is 0 Å². The van der Waals surface area contributed by atoms with E-state index in [2.05, 4.69) is 26.5 Å². The van der Waals surface area contributed by atoms with Crippen molar-refractivity contribution in [3.05, 3.63) is 77.3 Å². The number of aromatic nitrogens is 1. The van der Waals surface area contributed by atoms with Gasteiger partial charge in [0.05, 0.1) is 0 Å². The molecule has 1 aromatic heterocycles. The maximum absolute atomic E-state index is 13.3. The van der Waals surface area contributed by atoms with Gasteiger partial charge in [-0.3, -0.25) is 14.8 Å². The molecular formula is C29H29BIN3O3. The predicted molar refractivity (Wildman–Crippen MR) is 155 cm³/mol. The van der Waals surface area contributed by atoms with E-state index in [9.17, 15) is 4.79 Å². The van der Waals surface area contributed by atoms with Gasteiger partial charge in [-0.05, 0) is 59.5 Å². The standard InChI is InChI=1S/C29H29BIN3O3/c30-22-14-31-13-21-24(33-16-18-4-3-11-32-15-18)12-23(34-28(21)22)19-7-9-20(10-8-19)29(35)27-17-36-25-5-1-2-6-26(25)37-27/h1-6,11-12,14-15,19-21,27,33H,7-10,13,16-17H2. The molecule has 6 nitrogen and oxygen atoms in total. The first-order valence-corrected chi connectivity index (χ1v) is 15.7. The number of halogens is 1. The summed E-state index contributed by atoms with van der Waals surface area (Å²) in [6.07, 6.45) is 8.96. The number of carbonyl (C=O) groups is 1. The summed E-state index contributed by atoms with van der Waals surface area (Å²) in [5.41, 5.74) is 5.31. The minimum absolute atomic E-state index is 0.00347. The monoisotopic (exact) mass is 605 g/mol. The Labute approximate surface area is 228 Å². The fourth-order valence-electron chi connectivity index (χ4n) is 5.54. The number of aliphatic imine (C=N–C) groups is 1. The number of Topliss-reactive ketones (excluding diaryl/α,β-unsaturated/α-hetero) is 1. The summed E-state index contributed by atoms with van der Waals surface area (Å²) < 4.78 is 15.1. The first-order chi connectivity index (χ1) is 18.2. The van der Waals surface area contributed by atoms with Crippen molar-refractivity contribution in [1.29, 1.82) is 0 Å². The Bertz CT molecular complexity index is 1300. The molecule has 1 N–H and O–H groups in total. The molecule has 0 spiro atoms. The molecule has 1 aromatic carbocycles. The van der Waals surface area contributed by atoms with E-state index in [1.807, 2.05) is 36.5 Å². The van der Waals surface area contributed by atoms with Crippen LogP contribution in [-0.2, 0) is 11.3 Å². The molecule has 2 atom stereocenters. The van der Waals surface area contributed by atoms with E-state index >= 15 is 0 Å². The van der Waals surface area contributed by atoms with Crippen LogP contribution in [0.15, 0.2) is 76.7 Å². The van der Waals surface area contributed by atoms with Crippen LogP contribution in [0.4, 0.5) is 0 Å². The highest BCUT2D eigenvalue weighted by atomic mass is 127. The van der Waals surface area contributed by atoms with Gasteiger partial charge in [0.15, 0.2) is 23.4 Å². The van der Waals surface area contributed by atoms with Crippen LogP contribution in [0.3, 0.4) is 0 Å². The Balaban J connectivity index is 1.13. The lowest BCUT2D eigenvalue weighted by atomic mass is 9.76. The van der Waals surface area contributed by atoms with E-state index in [-0.39, 0.29) is 45.0 Å². The van der Waals surface area contributed by atoms with Gasteiger partial charge in [0.1, 0.15) is 14.5 Å². The number of rotatable bonds is 6. The molecular weight excluding hydrogens is 576 g/mol. The van der Waals surface area contributed by atoms with E-state index < -0.39 is 6.10 Å². The zero-order valence-electron chi connectivity index (χ0n) is 20.6. The number of hydrogen-bond acceptors (Lipinski definition) is 6. The van der Waals surface area contributed by atoms with Gasteiger partial charge in [0.2, 0.25) is 0 Å².